The number of halogens is 1. The van der Waals surface area contributed by atoms with Crippen LogP contribution >= 0.6 is 0 Å². The largest absolute Gasteiger partial charge is 0.454 e. The summed E-state index contributed by atoms with van der Waals surface area (Å²) in [5.41, 5.74) is 2.17. The van der Waals surface area contributed by atoms with Crippen LogP contribution in [0, 0.1) is 5.82 Å². The Labute approximate surface area is 182 Å². The third kappa shape index (κ3) is 4.22. The highest BCUT2D eigenvalue weighted by atomic mass is 19.1. The number of ether oxygens (including phenoxy) is 2. The van der Waals surface area contributed by atoms with Crippen molar-refractivity contribution in [3.8, 4) is 23.0 Å². The average Bonchev–Trinajstić information content (AvgIpc) is 3.45. The van der Waals surface area contributed by atoms with Crippen molar-refractivity contribution in [2.24, 2.45) is 0 Å². The monoisotopic (exact) mass is 432 g/mol. The van der Waals surface area contributed by atoms with E-state index in [0.29, 0.717) is 41.0 Å². The Hall–Kier alpha value is -4.40. The van der Waals surface area contributed by atoms with Crippen LogP contribution in [0.1, 0.15) is 11.5 Å². The van der Waals surface area contributed by atoms with E-state index in [9.17, 15) is 9.18 Å². The number of amides is 2. The van der Waals surface area contributed by atoms with Gasteiger partial charge in [-0.05, 0) is 48.0 Å². The number of para-hydroxylation sites is 1. The Morgan fingerprint density at radius 3 is 2.72 bits per heavy atom. The van der Waals surface area contributed by atoms with Crippen molar-refractivity contribution in [3.05, 3.63) is 84.0 Å². The first kappa shape index (κ1) is 19.6. The summed E-state index contributed by atoms with van der Waals surface area (Å²) in [7, 11) is 0. The fraction of sp³-hybridized carbons (Fsp3) is 0.0870. The number of anilines is 2. The van der Waals surface area contributed by atoms with Crippen LogP contribution in [0.4, 0.5) is 20.6 Å². The summed E-state index contributed by atoms with van der Waals surface area (Å²) < 4.78 is 30.2. The second kappa shape index (κ2) is 8.38. The number of nitrogens with zero attached hydrogens (tertiary/aromatic N) is 2. The molecule has 0 saturated carbocycles. The van der Waals surface area contributed by atoms with Crippen molar-refractivity contribution in [1.82, 2.24) is 10.2 Å². The van der Waals surface area contributed by atoms with E-state index in [1.807, 2.05) is 18.2 Å². The summed E-state index contributed by atoms with van der Waals surface area (Å²) in [4.78, 5) is 12.2. The van der Waals surface area contributed by atoms with Gasteiger partial charge >= 0.3 is 6.03 Å². The molecule has 2 N–H and O–H groups in total. The molecule has 0 atom stereocenters. The maximum Gasteiger partial charge on any atom is 0.323 e. The quantitative estimate of drug-likeness (QED) is 0.468. The van der Waals surface area contributed by atoms with E-state index in [-0.39, 0.29) is 12.5 Å². The molecule has 0 bridgehead atoms. The molecule has 0 fully saturated rings. The van der Waals surface area contributed by atoms with Gasteiger partial charge in [-0.2, -0.15) is 0 Å². The summed E-state index contributed by atoms with van der Waals surface area (Å²) in [6, 6.07) is 17.9. The lowest BCUT2D eigenvalue weighted by Crippen LogP contribution is -2.20. The zero-order chi connectivity index (χ0) is 21.9. The highest BCUT2D eigenvalue weighted by molar-refractivity contribution is 6.00. The van der Waals surface area contributed by atoms with Crippen LogP contribution in [0.5, 0.6) is 11.5 Å². The molecule has 0 unspecified atom stereocenters. The number of benzene rings is 3. The minimum absolute atomic E-state index is 0.0891. The first-order valence-electron chi connectivity index (χ1n) is 9.78. The lowest BCUT2D eigenvalue weighted by atomic mass is 10.1. The summed E-state index contributed by atoms with van der Waals surface area (Å²) in [5.74, 6) is 1.64. The number of hydrogen-bond donors (Lipinski definition) is 2. The van der Waals surface area contributed by atoms with E-state index in [1.165, 1.54) is 12.1 Å². The van der Waals surface area contributed by atoms with Gasteiger partial charge in [-0.3, -0.25) is 0 Å². The molecular weight excluding hydrogens is 415 g/mol. The summed E-state index contributed by atoms with van der Waals surface area (Å²) in [6.45, 7) is 0.214. The van der Waals surface area contributed by atoms with Crippen molar-refractivity contribution in [3.63, 3.8) is 0 Å². The molecule has 1 aliphatic heterocycles. The zero-order valence-corrected chi connectivity index (χ0v) is 16.7. The predicted octanol–water partition coefficient (Wildman–Crippen LogP) is 4.84. The van der Waals surface area contributed by atoms with Gasteiger partial charge in [0.25, 0.3) is 0 Å². The third-order valence-corrected chi connectivity index (χ3v) is 4.75. The van der Waals surface area contributed by atoms with Gasteiger partial charge in [-0.25, -0.2) is 9.18 Å². The molecule has 2 heterocycles. The van der Waals surface area contributed by atoms with E-state index < -0.39 is 11.8 Å². The van der Waals surface area contributed by atoms with Crippen LogP contribution in [0.2, 0.25) is 0 Å². The van der Waals surface area contributed by atoms with Crippen LogP contribution in [-0.4, -0.2) is 23.0 Å². The second-order valence-electron chi connectivity index (χ2n) is 7.01. The fourth-order valence-electron chi connectivity index (χ4n) is 3.24. The SMILES string of the molecule is O=C(Nc1cccc(-c2nnc(Cc3ccc4c(c3)OCO4)o2)c1)Nc1ccccc1F. The van der Waals surface area contributed by atoms with Crippen molar-refractivity contribution in [1.29, 1.82) is 0 Å². The molecule has 1 aromatic heterocycles. The Morgan fingerprint density at radius 2 is 1.81 bits per heavy atom. The van der Waals surface area contributed by atoms with Crippen molar-refractivity contribution in [2.75, 3.05) is 17.4 Å². The van der Waals surface area contributed by atoms with Crippen molar-refractivity contribution >= 4 is 17.4 Å². The lowest BCUT2D eigenvalue weighted by Gasteiger charge is -2.08. The number of aromatic nitrogens is 2. The molecule has 1 aliphatic rings. The summed E-state index contributed by atoms with van der Waals surface area (Å²) >= 11 is 0. The van der Waals surface area contributed by atoms with Gasteiger partial charge < -0.3 is 24.5 Å². The minimum Gasteiger partial charge on any atom is -0.454 e. The van der Waals surface area contributed by atoms with Crippen LogP contribution < -0.4 is 20.1 Å². The Bertz CT molecular complexity index is 1290. The number of fused-ring (bicyclic) bond motifs is 1. The first-order valence-corrected chi connectivity index (χ1v) is 9.78. The number of carbonyl (C=O) groups excluding carboxylic acids is 1. The summed E-state index contributed by atoms with van der Waals surface area (Å²) in [6.07, 6.45) is 0.437. The van der Waals surface area contributed by atoms with Gasteiger partial charge in [0.2, 0.25) is 18.6 Å². The van der Waals surface area contributed by atoms with E-state index in [4.69, 9.17) is 13.9 Å². The second-order valence-corrected chi connectivity index (χ2v) is 7.01. The molecular formula is C23H17FN4O4. The van der Waals surface area contributed by atoms with Gasteiger partial charge in [-0.15, -0.1) is 10.2 Å². The molecule has 0 saturated heterocycles. The molecule has 0 radical (unpaired) electrons. The standard InChI is InChI=1S/C23H17FN4O4/c24-17-6-1-2-7-18(17)26-23(29)25-16-5-3-4-15(12-16)22-28-27-21(32-22)11-14-8-9-19-20(10-14)31-13-30-19/h1-10,12H,11,13H2,(H2,25,26,29). The van der Waals surface area contributed by atoms with E-state index in [2.05, 4.69) is 20.8 Å². The number of rotatable bonds is 5. The number of carbonyl (C=O) groups is 1. The summed E-state index contributed by atoms with van der Waals surface area (Å²) in [5, 5.41) is 13.3. The van der Waals surface area contributed by atoms with Gasteiger partial charge in [0, 0.05) is 11.3 Å². The smallest absolute Gasteiger partial charge is 0.323 e. The zero-order valence-electron chi connectivity index (χ0n) is 16.7. The highest BCUT2D eigenvalue weighted by Crippen LogP contribution is 2.33. The van der Waals surface area contributed by atoms with Crippen LogP contribution in [0.15, 0.2) is 71.1 Å². The van der Waals surface area contributed by atoms with Crippen LogP contribution in [0.25, 0.3) is 11.5 Å². The lowest BCUT2D eigenvalue weighted by molar-refractivity contribution is 0.174. The van der Waals surface area contributed by atoms with E-state index in [1.54, 1.807) is 36.4 Å². The first-order chi connectivity index (χ1) is 15.6. The minimum atomic E-state index is -0.568. The van der Waals surface area contributed by atoms with Crippen molar-refractivity contribution < 1.29 is 23.1 Å². The van der Waals surface area contributed by atoms with E-state index >= 15 is 0 Å². The number of urea groups is 1. The normalized spacial score (nSPS) is 11.9. The Morgan fingerprint density at radius 1 is 0.938 bits per heavy atom. The molecule has 160 valence electrons. The van der Waals surface area contributed by atoms with Crippen LogP contribution in [0.3, 0.4) is 0 Å². The Balaban J connectivity index is 1.27. The van der Waals surface area contributed by atoms with Gasteiger partial charge in [-0.1, -0.05) is 24.3 Å². The van der Waals surface area contributed by atoms with Gasteiger partial charge in [0.1, 0.15) is 5.82 Å². The molecule has 0 spiro atoms. The molecule has 3 aromatic carbocycles. The van der Waals surface area contributed by atoms with Crippen molar-refractivity contribution in [2.45, 2.75) is 6.42 Å². The maximum atomic E-state index is 13.7. The average molecular weight is 432 g/mol. The molecule has 8 nitrogen and oxygen atoms in total. The highest BCUT2D eigenvalue weighted by Gasteiger charge is 2.16. The van der Waals surface area contributed by atoms with Crippen LogP contribution in [-0.2, 0) is 6.42 Å². The molecule has 2 amide bonds. The number of nitrogens with one attached hydrogen (secondary N) is 2. The molecule has 4 aromatic rings. The molecule has 5 rings (SSSR count). The molecule has 32 heavy (non-hydrogen) atoms. The topological polar surface area (TPSA) is 98.5 Å². The molecule has 0 aliphatic carbocycles. The maximum absolute atomic E-state index is 13.7. The molecule has 9 heteroatoms. The van der Waals surface area contributed by atoms with Gasteiger partial charge in [0.05, 0.1) is 12.1 Å². The van der Waals surface area contributed by atoms with Gasteiger partial charge in [0.15, 0.2) is 11.5 Å². The number of hydrogen-bond acceptors (Lipinski definition) is 6. The van der Waals surface area contributed by atoms with E-state index in [0.717, 1.165) is 5.56 Å². The Kier molecular flexibility index (Phi) is 5.12. The third-order valence-electron chi connectivity index (χ3n) is 4.75. The fourth-order valence-corrected chi connectivity index (χ4v) is 3.24. The predicted molar refractivity (Wildman–Crippen MR) is 114 cm³/mol.